The fourth-order valence-electron chi connectivity index (χ4n) is 3.69. The van der Waals surface area contributed by atoms with Crippen molar-refractivity contribution in [3.8, 4) is 11.5 Å². The molecule has 186 valence electrons. The van der Waals surface area contributed by atoms with Crippen molar-refractivity contribution in [2.24, 2.45) is 5.10 Å². The van der Waals surface area contributed by atoms with E-state index in [1.54, 1.807) is 36.4 Å². The van der Waals surface area contributed by atoms with E-state index < -0.39 is 0 Å². The maximum Gasteiger partial charge on any atom is 0.282 e. The van der Waals surface area contributed by atoms with Gasteiger partial charge in [0, 0.05) is 26.5 Å². The van der Waals surface area contributed by atoms with Crippen LogP contribution in [0.5, 0.6) is 11.5 Å². The number of benzene rings is 3. The molecule has 0 N–H and O–H groups in total. The number of unbranched alkanes of at least 4 members (excludes halogenated alkanes) is 1. The number of ether oxygens (including phenoxy) is 2. The fourth-order valence-corrected chi connectivity index (χ4v) is 4.50. The first-order valence-corrected chi connectivity index (χ1v) is 13.0. The van der Waals surface area contributed by atoms with Gasteiger partial charge in [-0.05, 0) is 42.8 Å². The largest absolute Gasteiger partial charge is 0.493 e. The Hall–Kier alpha value is -3.04. The molecule has 9 heteroatoms. The van der Waals surface area contributed by atoms with Gasteiger partial charge in [0.2, 0.25) is 0 Å². The van der Waals surface area contributed by atoms with E-state index in [1.165, 1.54) is 24.1 Å². The molecule has 0 unspecified atom stereocenters. The molecule has 0 fully saturated rings. The second-order valence-corrected chi connectivity index (χ2v) is 9.89. The Bertz CT molecular complexity index is 1490. The van der Waals surface area contributed by atoms with Crippen LogP contribution in [0.1, 0.15) is 36.7 Å². The van der Waals surface area contributed by atoms with Crippen LogP contribution in [0, 0.1) is 5.82 Å². The van der Waals surface area contributed by atoms with Crippen LogP contribution in [0.2, 0.25) is 0 Å². The van der Waals surface area contributed by atoms with E-state index in [1.807, 2.05) is 12.1 Å². The van der Waals surface area contributed by atoms with Gasteiger partial charge in [-0.1, -0.05) is 63.4 Å². The molecule has 0 atom stereocenters. The Kier molecular flexibility index (Phi) is 8.53. The lowest BCUT2D eigenvalue weighted by Crippen LogP contribution is -2.22. The maximum atomic E-state index is 14.2. The predicted octanol–water partition coefficient (Wildman–Crippen LogP) is 6.87. The van der Waals surface area contributed by atoms with Gasteiger partial charge in [-0.15, -0.1) is 0 Å². The molecule has 0 aliphatic heterocycles. The highest BCUT2D eigenvalue weighted by Crippen LogP contribution is 2.35. The third kappa shape index (κ3) is 5.84. The van der Waals surface area contributed by atoms with Crippen LogP contribution in [0.25, 0.3) is 10.9 Å². The summed E-state index contributed by atoms with van der Waals surface area (Å²) in [5.74, 6) is 1.04. The summed E-state index contributed by atoms with van der Waals surface area (Å²) in [4.78, 5) is 18.1. The van der Waals surface area contributed by atoms with Crippen LogP contribution in [-0.2, 0) is 13.0 Å². The van der Waals surface area contributed by atoms with Gasteiger partial charge in [0.05, 0.1) is 24.2 Å². The molecule has 4 rings (SSSR count). The zero-order chi connectivity index (χ0) is 25.7. The molecule has 0 amide bonds. The normalized spacial score (nSPS) is 11.4. The lowest BCUT2D eigenvalue weighted by atomic mass is 10.2. The summed E-state index contributed by atoms with van der Waals surface area (Å²) in [6, 6.07) is 15.4. The number of halogens is 3. The minimum atomic E-state index is -0.357. The predicted molar refractivity (Wildman–Crippen MR) is 147 cm³/mol. The quantitative estimate of drug-likeness (QED) is 0.192. The molecule has 1 aromatic heterocycles. The molecule has 0 bridgehead atoms. The van der Waals surface area contributed by atoms with Crippen molar-refractivity contribution in [3.63, 3.8) is 0 Å². The summed E-state index contributed by atoms with van der Waals surface area (Å²) in [7, 11) is 1.52. The average molecular weight is 617 g/mol. The number of hydrogen-bond donors (Lipinski definition) is 0. The summed E-state index contributed by atoms with van der Waals surface area (Å²) in [5.41, 5.74) is 1.33. The van der Waals surface area contributed by atoms with Crippen molar-refractivity contribution in [3.05, 3.63) is 96.7 Å². The van der Waals surface area contributed by atoms with Crippen molar-refractivity contribution in [1.82, 2.24) is 9.66 Å². The van der Waals surface area contributed by atoms with E-state index in [9.17, 15) is 9.18 Å². The summed E-state index contributed by atoms with van der Waals surface area (Å²) in [6.07, 6.45) is 3.96. The zero-order valence-corrected chi connectivity index (χ0v) is 23.0. The van der Waals surface area contributed by atoms with E-state index >= 15 is 0 Å². The number of methoxy groups -OCH3 is 1. The van der Waals surface area contributed by atoms with E-state index in [0.717, 1.165) is 21.8 Å². The fraction of sp³-hybridized carbons (Fsp3) is 0.222. The smallest absolute Gasteiger partial charge is 0.282 e. The Labute approximate surface area is 225 Å². The average Bonchev–Trinajstić information content (AvgIpc) is 2.87. The standard InChI is InChI=1S/C27H24Br2FN3O3/c1-3-4-9-25-32-23-11-10-19(28)13-21(23)27(34)33(25)31-15-18-12-20(29)14-24(35-2)26(18)36-16-17-7-5-6-8-22(17)30/h5-8,10-15H,3-4,9,16H2,1-2H3. The first-order chi connectivity index (χ1) is 17.4. The minimum Gasteiger partial charge on any atom is -0.493 e. The highest BCUT2D eigenvalue weighted by Gasteiger charge is 2.15. The molecule has 0 spiro atoms. The lowest BCUT2D eigenvalue weighted by Gasteiger charge is -2.15. The van der Waals surface area contributed by atoms with E-state index in [-0.39, 0.29) is 18.0 Å². The van der Waals surface area contributed by atoms with Gasteiger partial charge in [0.15, 0.2) is 11.5 Å². The second kappa shape index (κ2) is 11.8. The number of aryl methyl sites for hydroxylation is 1. The number of rotatable bonds is 9. The van der Waals surface area contributed by atoms with Crippen molar-refractivity contribution >= 4 is 49.0 Å². The number of nitrogens with zero attached hydrogens (tertiary/aromatic N) is 3. The number of aromatic nitrogens is 2. The maximum absolute atomic E-state index is 14.2. The Morgan fingerprint density at radius 3 is 2.67 bits per heavy atom. The molecule has 6 nitrogen and oxygen atoms in total. The van der Waals surface area contributed by atoms with Crippen molar-refractivity contribution in [2.75, 3.05) is 7.11 Å². The topological polar surface area (TPSA) is 65.7 Å². The minimum absolute atomic E-state index is 0.00123. The van der Waals surface area contributed by atoms with Crippen molar-refractivity contribution in [1.29, 1.82) is 0 Å². The lowest BCUT2D eigenvalue weighted by molar-refractivity contribution is 0.279. The molecular formula is C27H24Br2FN3O3. The Balaban J connectivity index is 1.78. The van der Waals surface area contributed by atoms with Crippen LogP contribution in [0.15, 0.2) is 73.4 Å². The molecule has 0 saturated heterocycles. The van der Waals surface area contributed by atoms with Crippen LogP contribution >= 0.6 is 31.9 Å². The molecule has 1 heterocycles. The van der Waals surface area contributed by atoms with Gasteiger partial charge >= 0.3 is 0 Å². The highest BCUT2D eigenvalue weighted by molar-refractivity contribution is 9.10. The summed E-state index contributed by atoms with van der Waals surface area (Å²) < 4.78 is 28.5. The van der Waals surface area contributed by atoms with Gasteiger partial charge in [0.1, 0.15) is 18.2 Å². The molecule has 0 radical (unpaired) electrons. The molecule has 0 aliphatic rings. The monoisotopic (exact) mass is 615 g/mol. The second-order valence-electron chi connectivity index (χ2n) is 8.06. The third-order valence-electron chi connectivity index (χ3n) is 5.54. The molecule has 0 aliphatic carbocycles. The third-order valence-corrected chi connectivity index (χ3v) is 6.49. The Morgan fingerprint density at radius 1 is 1.11 bits per heavy atom. The van der Waals surface area contributed by atoms with Crippen LogP contribution in [0.3, 0.4) is 0 Å². The van der Waals surface area contributed by atoms with Crippen LogP contribution < -0.4 is 15.0 Å². The van der Waals surface area contributed by atoms with E-state index in [0.29, 0.717) is 45.8 Å². The number of hydrogen-bond acceptors (Lipinski definition) is 5. The van der Waals surface area contributed by atoms with Gasteiger partial charge in [-0.25, -0.2) is 9.37 Å². The Morgan fingerprint density at radius 2 is 1.92 bits per heavy atom. The van der Waals surface area contributed by atoms with Crippen LogP contribution in [0.4, 0.5) is 4.39 Å². The van der Waals surface area contributed by atoms with Gasteiger partial charge in [0.25, 0.3) is 5.56 Å². The SMILES string of the molecule is CCCCc1nc2ccc(Br)cc2c(=O)n1N=Cc1cc(Br)cc(OC)c1OCc1ccccc1F. The first-order valence-electron chi connectivity index (χ1n) is 11.4. The van der Waals surface area contributed by atoms with Gasteiger partial charge < -0.3 is 9.47 Å². The molecule has 3 aromatic carbocycles. The summed E-state index contributed by atoms with van der Waals surface area (Å²) in [6.45, 7) is 2.08. The zero-order valence-electron chi connectivity index (χ0n) is 19.8. The van der Waals surface area contributed by atoms with Crippen molar-refractivity contribution in [2.45, 2.75) is 32.8 Å². The first kappa shape index (κ1) is 26.0. The molecule has 36 heavy (non-hydrogen) atoms. The summed E-state index contributed by atoms with van der Waals surface area (Å²) >= 11 is 6.91. The number of fused-ring (bicyclic) bond motifs is 1. The summed E-state index contributed by atoms with van der Waals surface area (Å²) in [5, 5.41) is 4.99. The molecular weight excluding hydrogens is 593 g/mol. The van der Waals surface area contributed by atoms with E-state index in [4.69, 9.17) is 14.5 Å². The van der Waals surface area contributed by atoms with Crippen molar-refractivity contribution < 1.29 is 13.9 Å². The highest BCUT2D eigenvalue weighted by atomic mass is 79.9. The van der Waals surface area contributed by atoms with Gasteiger partial charge in [-0.2, -0.15) is 9.78 Å². The van der Waals surface area contributed by atoms with Gasteiger partial charge in [-0.3, -0.25) is 4.79 Å². The van der Waals surface area contributed by atoms with Crippen LogP contribution in [-0.4, -0.2) is 23.0 Å². The molecule has 4 aromatic rings. The molecule has 0 saturated carbocycles. The van der Waals surface area contributed by atoms with E-state index in [2.05, 4.69) is 43.9 Å².